The van der Waals surface area contributed by atoms with E-state index in [-0.39, 0.29) is 30.1 Å². The van der Waals surface area contributed by atoms with Crippen LogP contribution in [0.4, 0.5) is 4.79 Å². The van der Waals surface area contributed by atoms with E-state index in [2.05, 4.69) is 20.6 Å². The van der Waals surface area contributed by atoms with Crippen LogP contribution in [0.5, 0.6) is 0 Å². The van der Waals surface area contributed by atoms with Crippen molar-refractivity contribution in [2.24, 2.45) is 10.9 Å². The van der Waals surface area contributed by atoms with E-state index in [1.54, 1.807) is 7.05 Å². The Balaban J connectivity index is 0.00000420. The lowest BCUT2D eigenvalue weighted by molar-refractivity contribution is 0.0162. The molecule has 0 saturated carbocycles. The van der Waals surface area contributed by atoms with Gasteiger partial charge in [-0.2, -0.15) is 0 Å². The summed E-state index contributed by atoms with van der Waals surface area (Å²) in [7, 11) is 1.74. The van der Waals surface area contributed by atoms with E-state index >= 15 is 0 Å². The number of oxazole rings is 1. The monoisotopic (exact) mass is 521 g/mol. The second kappa shape index (κ2) is 11.6. The van der Waals surface area contributed by atoms with Crippen molar-refractivity contribution in [1.29, 1.82) is 0 Å². The number of likely N-dealkylation sites (tertiary alicyclic amines) is 1. The summed E-state index contributed by atoms with van der Waals surface area (Å²) in [6.07, 6.45) is 2.90. The van der Waals surface area contributed by atoms with Crippen molar-refractivity contribution >= 4 is 36.0 Å². The molecule has 1 amide bonds. The summed E-state index contributed by atoms with van der Waals surface area (Å²) >= 11 is 0. The number of rotatable bonds is 5. The van der Waals surface area contributed by atoms with Crippen LogP contribution < -0.4 is 10.6 Å². The van der Waals surface area contributed by atoms with Gasteiger partial charge in [0.1, 0.15) is 11.4 Å². The second-order valence-electron chi connectivity index (χ2n) is 8.33. The van der Waals surface area contributed by atoms with Gasteiger partial charge in [-0.1, -0.05) is 0 Å². The number of guanidine groups is 1. The maximum atomic E-state index is 12.3. The van der Waals surface area contributed by atoms with Crippen LogP contribution in [0.3, 0.4) is 0 Å². The van der Waals surface area contributed by atoms with Gasteiger partial charge in [-0.25, -0.2) is 9.78 Å². The van der Waals surface area contributed by atoms with Crippen molar-refractivity contribution in [3.05, 3.63) is 17.3 Å². The Morgan fingerprint density at radius 3 is 2.66 bits per heavy atom. The van der Waals surface area contributed by atoms with E-state index in [0.29, 0.717) is 24.3 Å². The fourth-order valence-corrected chi connectivity index (χ4v) is 3.18. The Kier molecular flexibility index (Phi) is 10.2. The lowest BCUT2D eigenvalue weighted by Crippen LogP contribution is -2.44. The maximum absolute atomic E-state index is 12.3. The number of hydrogen-bond acceptors (Lipinski definition) is 5. The largest absolute Gasteiger partial charge is 0.444 e. The normalized spacial score (nSPS) is 17.5. The van der Waals surface area contributed by atoms with E-state index in [1.807, 2.05) is 39.5 Å². The van der Waals surface area contributed by atoms with Crippen LogP contribution in [0, 0.1) is 19.8 Å². The molecule has 1 aromatic rings. The zero-order chi connectivity index (χ0) is 20.7. The van der Waals surface area contributed by atoms with Crippen molar-refractivity contribution in [3.8, 4) is 0 Å². The lowest BCUT2D eigenvalue weighted by Gasteiger charge is -2.34. The average molecular weight is 521 g/mol. The Bertz CT molecular complexity index is 665. The number of aliphatic imine (C=N–C) groups is 1. The average Bonchev–Trinajstić information content (AvgIpc) is 2.94. The first kappa shape index (κ1) is 25.5. The Hall–Kier alpha value is -1.52. The fraction of sp³-hybridized carbons (Fsp3) is 0.750. The topological polar surface area (TPSA) is 92.0 Å². The molecule has 1 aromatic heterocycles. The van der Waals surface area contributed by atoms with E-state index in [0.717, 1.165) is 50.4 Å². The third-order valence-corrected chi connectivity index (χ3v) is 4.72. The van der Waals surface area contributed by atoms with Gasteiger partial charge in [0.05, 0.1) is 12.2 Å². The minimum Gasteiger partial charge on any atom is -0.444 e. The first-order chi connectivity index (χ1) is 13.2. The molecule has 29 heavy (non-hydrogen) atoms. The summed E-state index contributed by atoms with van der Waals surface area (Å²) in [6.45, 7) is 12.3. The predicted molar refractivity (Wildman–Crippen MR) is 125 cm³/mol. The molecule has 1 aliphatic heterocycles. The van der Waals surface area contributed by atoms with Gasteiger partial charge in [0.25, 0.3) is 0 Å². The third kappa shape index (κ3) is 8.79. The van der Waals surface area contributed by atoms with E-state index in [4.69, 9.17) is 9.15 Å². The van der Waals surface area contributed by atoms with Crippen LogP contribution in [0.25, 0.3) is 0 Å². The molecule has 9 heteroatoms. The molecule has 0 aromatic carbocycles. The van der Waals surface area contributed by atoms with E-state index in [1.165, 1.54) is 0 Å². The summed E-state index contributed by atoms with van der Waals surface area (Å²) < 4.78 is 11.1. The highest BCUT2D eigenvalue weighted by molar-refractivity contribution is 14.0. The quantitative estimate of drug-likeness (QED) is 0.350. The van der Waals surface area contributed by atoms with Gasteiger partial charge in [0.2, 0.25) is 5.89 Å². The standard InChI is InChI=1S/C20H35N5O3.HI/c1-14-15(2)27-17(24-14)12-23-18(21-6)22-10-9-16-8-7-11-25(13-16)19(26)28-20(3,4)5;/h16H,7-13H2,1-6H3,(H2,21,22,23);1H. The molecule has 1 fully saturated rings. The molecule has 166 valence electrons. The van der Waals surface area contributed by atoms with Gasteiger partial charge in [-0.3, -0.25) is 4.99 Å². The zero-order valence-electron chi connectivity index (χ0n) is 18.5. The molecule has 2 heterocycles. The van der Waals surface area contributed by atoms with Gasteiger partial charge in [0, 0.05) is 26.7 Å². The van der Waals surface area contributed by atoms with Crippen LogP contribution in [0.2, 0.25) is 0 Å². The number of halogens is 1. The van der Waals surface area contributed by atoms with Crippen LogP contribution >= 0.6 is 24.0 Å². The molecule has 1 unspecified atom stereocenters. The van der Waals surface area contributed by atoms with Crippen molar-refractivity contribution < 1.29 is 13.9 Å². The number of nitrogens with one attached hydrogen (secondary N) is 2. The van der Waals surface area contributed by atoms with Gasteiger partial charge in [-0.05, 0) is 59.8 Å². The van der Waals surface area contributed by atoms with Crippen LogP contribution in [-0.4, -0.2) is 54.2 Å². The second-order valence-corrected chi connectivity index (χ2v) is 8.33. The van der Waals surface area contributed by atoms with Gasteiger partial charge in [-0.15, -0.1) is 24.0 Å². The molecule has 2 rings (SSSR count). The molecule has 1 aliphatic rings. The minimum atomic E-state index is -0.455. The lowest BCUT2D eigenvalue weighted by atomic mass is 9.95. The number of nitrogens with zero attached hydrogens (tertiary/aromatic N) is 3. The van der Waals surface area contributed by atoms with E-state index < -0.39 is 5.60 Å². The fourth-order valence-electron chi connectivity index (χ4n) is 3.18. The van der Waals surface area contributed by atoms with Crippen LogP contribution in [-0.2, 0) is 11.3 Å². The van der Waals surface area contributed by atoms with Gasteiger partial charge < -0.3 is 24.7 Å². The Morgan fingerprint density at radius 2 is 2.07 bits per heavy atom. The van der Waals surface area contributed by atoms with Crippen LogP contribution in [0.1, 0.15) is 57.4 Å². The number of ether oxygens (including phenoxy) is 1. The highest BCUT2D eigenvalue weighted by Crippen LogP contribution is 2.21. The van der Waals surface area contributed by atoms with Gasteiger partial charge in [0.15, 0.2) is 5.96 Å². The third-order valence-electron chi connectivity index (χ3n) is 4.72. The number of carbonyl (C=O) groups excluding carboxylic acids is 1. The molecule has 0 aliphatic carbocycles. The minimum absolute atomic E-state index is 0. The number of aromatic nitrogens is 1. The molecule has 8 nitrogen and oxygen atoms in total. The molecule has 1 atom stereocenters. The van der Waals surface area contributed by atoms with Crippen molar-refractivity contribution in [2.75, 3.05) is 26.7 Å². The molecule has 2 N–H and O–H groups in total. The summed E-state index contributed by atoms with van der Waals surface area (Å²) in [5.41, 5.74) is 0.454. The maximum Gasteiger partial charge on any atom is 0.410 e. The molecule has 1 saturated heterocycles. The van der Waals surface area contributed by atoms with Gasteiger partial charge >= 0.3 is 6.09 Å². The molecule has 0 bridgehead atoms. The summed E-state index contributed by atoms with van der Waals surface area (Å²) in [6, 6.07) is 0. The number of amides is 1. The summed E-state index contributed by atoms with van der Waals surface area (Å²) in [5, 5.41) is 6.54. The van der Waals surface area contributed by atoms with Crippen molar-refractivity contribution in [3.63, 3.8) is 0 Å². The van der Waals surface area contributed by atoms with E-state index in [9.17, 15) is 4.79 Å². The molecular weight excluding hydrogens is 485 g/mol. The highest BCUT2D eigenvalue weighted by atomic mass is 127. The number of aryl methyl sites for hydroxylation is 2. The number of hydrogen-bond donors (Lipinski definition) is 2. The highest BCUT2D eigenvalue weighted by Gasteiger charge is 2.27. The first-order valence-corrected chi connectivity index (χ1v) is 10.0. The zero-order valence-corrected chi connectivity index (χ0v) is 20.8. The smallest absolute Gasteiger partial charge is 0.410 e. The molecule has 0 spiro atoms. The summed E-state index contributed by atoms with van der Waals surface area (Å²) in [5.74, 6) is 2.67. The first-order valence-electron chi connectivity index (χ1n) is 10.0. The van der Waals surface area contributed by atoms with Crippen LogP contribution in [0.15, 0.2) is 9.41 Å². The molecule has 0 radical (unpaired) electrons. The van der Waals surface area contributed by atoms with Crippen molar-refractivity contribution in [1.82, 2.24) is 20.5 Å². The van der Waals surface area contributed by atoms with Crippen molar-refractivity contribution in [2.45, 2.75) is 66.0 Å². The molecular formula is C20H36IN5O3. The predicted octanol–water partition coefficient (Wildman–Crippen LogP) is 3.61. The summed E-state index contributed by atoms with van der Waals surface area (Å²) in [4.78, 5) is 22.7. The Morgan fingerprint density at radius 1 is 1.34 bits per heavy atom. The number of piperidine rings is 1. The SMILES string of the molecule is CN=C(NCCC1CCCN(C(=O)OC(C)(C)C)C1)NCc1nc(C)c(C)o1.I. The number of carbonyl (C=O) groups is 1. The Labute approximate surface area is 191 Å².